The standard InChI is InChI=1S/C12H17N3O/c1-12(2)8-15(11(16)14-12)10-6-4-3-5-9(10)7-13/h3-6H,7-8,13H2,1-2H3,(H,14,16). The fourth-order valence-electron chi connectivity index (χ4n) is 2.00. The van der Waals surface area contributed by atoms with Gasteiger partial charge in [0.05, 0.1) is 12.1 Å². The molecule has 0 bridgehead atoms. The van der Waals surface area contributed by atoms with Crippen molar-refractivity contribution in [3.63, 3.8) is 0 Å². The van der Waals surface area contributed by atoms with E-state index < -0.39 is 0 Å². The van der Waals surface area contributed by atoms with Crippen molar-refractivity contribution in [1.29, 1.82) is 0 Å². The molecule has 1 aromatic rings. The van der Waals surface area contributed by atoms with E-state index in [1.807, 2.05) is 38.1 Å². The lowest BCUT2D eigenvalue weighted by molar-refractivity contribution is 0.248. The Morgan fingerprint density at radius 2 is 2.12 bits per heavy atom. The van der Waals surface area contributed by atoms with Crippen LogP contribution < -0.4 is 16.0 Å². The van der Waals surface area contributed by atoms with E-state index in [1.54, 1.807) is 4.90 Å². The molecule has 0 aliphatic carbocycles. The Hall–Kier alpha value is -1.55. The number of benzene rings is 1. The second-order valence-corrected chi connectivity index (χ2v) is 4.73. The highest BCUT2D eigenvalue weighted by Gasteiger charge is 2.36. The van der Waals surface area contributed by atoms with Crippen molar-refractivity contribution in [2.75, 3.05) is 11.4 Å². The third-order valence-electron chi connectivity index (χ3n) is 2.75. The van der Waals surface area contributed by atoms with Crippen molar-refractivity contribution < 1.29 is 4.79 Å². The number of nitrogens with two attached hydrogens (primary N) is 1. The smallest absolute Gasteiger partial charge is 0.322 e. The summed E-state index contributed by atoms with van der Waals surface area (Å²) in [6, 6.07) is 7.69. The maximum atomic E-state index is 11.8. The SMILES string of the molecule is CC1(C)CN(c2ccccc2CN)C(=O)N1. The number of nitrogens with one attached hydrogen (secondary N) is 1. The molecule has 16 heavy (non-hydrogen) atoms. The van der Waals surface area contributed by atoms with Crippen LogP contribution in [0.2, 0.25) is 0 Å². The van der Waals surface area contributed by atoms with Crippen molar-refractivity contribution in [2.45, 2.75) is 25.9 Å². The Kier molecular flexibility index (Phi) is 2.59. The first-order chi connectivity index (χ1) is 7.53. The zero-order chi connectivity index (χ0) is 11.8. The van der Waals surface area contributed by atoms with E-state index >= 15 is 0 Å². The van der Waals surface area contributed by atoms with Crippen LogP contribution in [-0.4, -0.2) is 18.1 Å². The largest absolute Gasteiger partial charge is 0.331 e. The monoisotopic (exact) mass is 219 g/mol. The topological polar surface area (TPSA) is 58.4 Å². The van der Waals surface area contributed by atoms with Crippen LogP contribution >= 0.6 is 0 Å². The first kappa shape index (κ1) is 11.0. The van der Waals surface area contributed by atoms with E-state index in [-0.39, 0.29) is 11.6 Å². The third-order valence-corrected chi connectivity index (χ3v) is 2.75. The van der Waals surface area contributed by atoms with E-state index in [4.69, 9.17) is 5.73 Å². The molecule has 1 heterocycles. The predicted molar refractivity (Wildman–Crippen MR) is 64.3 cm³/mol. The molecule has 86 valence electrons. The van der Waals surface area contributed by atoms with Crippen LogP contribution in [0.5, 0.6) is 0 Å². The molecule has 1 aromatic carbocycles. The maximum absolute atomic E-state index is 11.8. The molecule has 0 radical (unpaired) electrons. The number of carbonyl (C=O) groups excluding carboxylic acids is 1. The maximum Gasteiger partial charge on any atom is 0.322 e. The summed E-state index contributed by atoms with van der Waals surface area (Å²) in [7, 11) is 0. The van der Waals surface area contributed by atoms with E-state index in [2.05, 4.69) is 5.32 Å². The first-order valence-corrected chi connectivity index (χ1v) is 5.41. The molecule has 2 amide bonds. The minimum atomic E-state index is -0.182. The van der Waals surface area contributed by atoms with Gasteiger partial charge in [0.2, 0.25) is 0 Å². The van der Waals surface area contributed by atoms with Crippen LogP contribution in [0.15, 0.2) is 24.3 Å². The molecular weight excluding hydrogens is 202 g/mol. The lowest BCUT2D eigenvalue weighted by atomic mass is 10.1. The average molecular weight is 219 g/mol. The number of para-hydroxylation sites is 1. The summed E-state index contributed by atoms with van der Waals surface area (Å²) in [4.78, 5) is 13.6. The minimum Gasteiger partial charge on any atom is -0.331 e. The molecule has 1 fully saturated rings. The van der Waals surface area contributed by atoms with E-state index in [0.717, 1.165) is 11.3 Å². The molecule has 4 heteroatoms. The van der Waals surface area contributed by atoms with Gasteiger partial charge in [-0.05, 0) is 25.5 Å². The summed E-state index contributed by atoms with van der Waals surface area (Å²) in [6.07, 6.45) is 0. The van der Waals surface area contributed by atoms with Gasteiger partial charge < -0.3 is 11.1 Å². The second-order valence-electron chi connectivity index (χ2n) is 4.73. The molecule has 0 saturated carbocycles. The number of carbonyl (C=O) groups is 1. The molecular formula is C12H17N3O. The van der Waals surface area contributed by atoms with Crippen LogP contribution in [0, 0.1) is 0 Å². The third kappa shape index (κ3) is 1.88. The molecule has 0 atom stereocenters. The number of anilines is 1. The van der Waals surface area contributed by atoms with E-state index in [9.17, 15) is 4.79 Å². The van der Waals surface area contributed by atoms with Crippen LogP contribution in [-0.2, 0) is 6.54 Å². The normalized spacial score (nSPS) is 18.7. The van der Waals surface area contributed by atoms with E-state index in [1.165, 1.54) is 0 Å². The van der Waals surface area contributed by atoms with Gasteiger partial charge in [0.25, 0.3) is 0 Å². The molecule has 1 aliphatic rings. The molecule has 0 unspecified atom stereocenters. The predicted octanol–water partition coefficient (Wildman–Crippen LogP) is 1.45. The summed E-state index contributed by atoms with van der Waals surface area (Å²) in [5, 5.41) is 2.94. The van der Waals surface area contributed by atoms with Gasteiger partial charge in [-0.15, -0.1) is 0 Å². The Balaban J connectivity index is 2.35. The highest BCUT2D eigenvalue weighted by molar-refractivity contribution is 5.95. The van der Waals surface area contributed by atoms with Gasteiger partial charge in [0.15, 0.2) is 0 Å². The molecule has 4 nitrogen and oxygen atoms in total. The summed E-state index contributed by atoms with van der Waals surface area (Å²) in [5.41, 5.74) is 7.40. The second kappa shape index (κ2) is 3.79. The number of hydrogen-bond donors (Lipinski definition) is 2. The highest BCUT2D eigenvalue weighted by atomic mass is 16.2. The van der Waals surface area contributed by atoms with Gasteiger partial charge in [-0.25, -0.2) is 4.79 Å². The molecule has 0 spiro atoms. The number of amides is 2. The lowest BCUT2D eigenvalue weighted by Crippen LogP contribution is -2.36. The molecule has 3 N–H and O–H groups in total. The van der Waals surface area contributed by atoms with Gasteiger partial charge >= 0.3 is 6.03 Å². The first-order valence-electron chi connectivity index (χ1n) is 5.41. The summed E-state index contributed by atoms with van der Waals surface area (Å²) < 4.78 is 0. The van der Waals surface area contributed by atoms with Crippen LogP contribution in [0.3, 0.4) is 0 Å². The summed E-state index contributed by atoms with van der Waals surface area (Å²) in [5.74, 6) is 0. The van der Waals surface area contributed by atoms with Gasteiger partial charge in [0, 0.05) is 12.2 Å². The Bertz CT molecular complexity index is 414. The minimum absolute atomic E-state index is 0.0501. The van der Waals surface area contributed by atoms with Gasteiger partial charge in [-0.3, -0.25) is 4.90 Å². The van der Waals surface area contributed by atoms with Crippen molar-refractivity contribution in [3.8, 4) is 0 Å². The van der Waals surface area contributed by atoms with Crippen molar-refractivity contribution in [2.24, 2.45) is 5.73 Å². The van der Waals surface area contributed by atoms with Gasteiger partial charge in [-0.1, -0.05) is 18.2 Å². The molecule has 2 rings (SSSR count). The quantitative estimate of drug-likeness (QED) is 0.791. The summed E-state index contributed by atoms with van der Waals surface area (Å²) in [6.45, 7) is 5.13. The number of hydrogen-bond acceptors (Lipinski definition) is 2. The fourth-order valence-corrected chi connectivity index (χ4v) is 2.00. The average Bonchev–Trinajstić information content (AvgIpc) is 2.52. The fraction of sp³-hybridized carbons (Fsp3) is 0.417. The van der Waals surface area contributed by atoms with Gasteiger partial charge in [-0.2, -0.15) is 0 Å². The summed E-state index contributed by atoms with van der Waals surface area (Å²) >= 11 is 0. The van der Waals surface area contributed by atoms with E-state index in [0.29, 0.717) is 13.1 Å². The zero-order valence-electron chi connectivity index (χ0n) is 9.66. The Morgan fingerprint density at radius 3 is 2.69 bits per heavy atom. The molecule has 0 aromatic heterocycles. The Morgan fingerprint density at radius 1 is 1.44 bits per heavy atom. The van der Waals surface area contributed by atoms with Crippen molar-refractivity contribution in [1.82, 2.24) is 5.32 Å². The lowest BCUT2D eigenvalue weighted by Gasteiger charge is -2.20. The van der Waals surface area contributed by atoms with Crippen LogP contribution in [0.25, 0.3) is 0 Å². The molecule has 1 saturated heterocycles. The number of rotatable bonds is 2. The number of nitrogens with zero attached hydrogens (tertiary/aromatic N) is 1. The zero-order valence-corrected chi connectivity index (χ0v) is 9.66. The number of urea groups is 1. The highest BCUT2D eigenvalue weighted by Crippen LogP contribution is 2.25. The molecule has 1 aliphatic heterocycles. The van der Waals surface area contributed by atoms with Crippen molar-refractivity contribution in [3.05, 3.63) is 29.8 Å². The van der Waals surface area contributed by atoms with Crippen LogP contribution in [0.4, 0.5) is 10.5 Å². The van der Waals surface area contributed by atoms with Gasteiger partial charge in [0.1, 0.15) is 0 Å². The van der Waals surface area contributed by atoms with Crippen molar-refractivity contribution >= 4 is 11.7 Å². The van der Waals surface area contributed by atoms with Crippen LogP contribution in [0.1, 0.15) is 19.4 Å². The Labute approximate surface area is 95.4 Å².